The highest BCUT2D eigenvalue weighted by Gasteiger charge is 2.32. The Labute approximate surface area is 248 Å². The van der Waals surface area contributed by atoms with Gasteiger partial charge in [0.05, 0.1) is 29.6 Å². The van der Waals surface area contributed by atoms with E-state index in [1.54, 1.807) is 7.11 Å². The van der Waals surface area contributed by atoms with Gasteiger partial charge in [0, 0.05) is 5.92 Å². The lowest BCUT2D eigenvalue weighted by Gasteiger charge is -2.20. The first-order valence-corrected chi connectivity index (χ1v) is 14.0. The first kappa shape index (κ1) is 27.7. The minimum absolute atomic E-state index is 0.320. The normalized spacial score (nSPS) is 11.2. The van der Waals surface area contributed by atoms with Gasteiger partial charge in [-0.25, -0.2) is 0 Å². The summed E-state index contributed by atoms with van der Waals surface area (Å²) in [6.45, 7) is 4.38. The third kappa shape index (κ3) is 5.55. The van der Waals surface area contributed by atoms with Crippen molar-refractivity contribution in [2.45, 2.75) is 26.4 Å². The smallest absolute Gasteiger partial charge is 0.268 e. The molecule has 0 unspecified atom stereocenters. The van der Waals surface area contributed by atoms with Crippen LogP contribution in [0.1, 0.15) is 39.3 Å². The van der Waals surface area contributed by atoms with Crippen LogP contribution < -0.4 is 20.6 Å². The van der Waals surface area contributed by atoms with Gasteiger partial charge in [-0.3, -0.25) is 30.0 Å². The van der Waals surface area contributed by atoms with Gasteiger partial charge >= 0.3 is 0 Å². The molecule has 0 fully saturated rings. The first-order chi connectivity index (χ1) is 20.9. The Hall–Kier alpha value is -5.50. The van der Waals surface area contributed by atoms with E-state index in [1.165, 1.54) is 0 Å². The minimum atomic E-state index is -0.755. The van der Waals surface area contributed by atoms with E-state index in [0.29, 0.717) is 46.2 Å². The maximum absolute atomic E-state index is 13.6. The zero-order valence-corrected chi connectivity index (χ0v) is 24.2. The fourth-order valence-corrected chi connectivity index (χ4v) is 5.38. The summed E-state index contributed by atoms with van der Waals surface area (Å²) in [5.41, 5.74) is 6.96. The average molecular weight is 573 g/mol. The molecule has 4 N–H and O–H groups in total. The van der Waals surface area contributed by atoms with Crippen LogP contribution in [0.2, 0.25) is 0 Å². The van der Waals surface area contributed by atoms with Gasteiger partial charge in [0.2, 0.25) is 0 Å². The molecule has 0 radical (unpaired) electrons. The van der Waals surface area contributed by atoms with E-state index in [-0.39, 0.29) is 11.1 Å². The third-order valence-electron chi connectivity index (χ3n) is 7.65. The Morgan fingerprint density at radius 2 is 1.16 bits per heavy atom. The third-order valence-corrected chi connectivity index (χ3v) is 7.65. The second kappa shape index (κ2) is 11.8. The van der Waals surface area contributed by atoms with E-state index in [0.717, 1.165) is 27.8 Å². The molecule has 6 rings (SSSR count). The van der Waals surface area contributed by atoms with Crippen LogP contribution in [-0.2, 0) is 6.61 Å². The molecule has 2 heterocycles. The first-order valence-electron chi connectivity index (χ1n) is 14.0. The molecular weight excluding hydrogens is 540 g/mol. The molecule has 0 spiro atoms. The Balaban J connectivity index is 1.53. The molecular formula is C35H32N4O4. The minimum Gasteiger partial charge on any atom is -0.493 e. The molecule has 0 saturated heterocycles. The van der Waals surface area contributed by atoms with Crippen LogP contribution in [0.25, 0.3) is 22.5 Å². The average Bonchev–Trinajstić information content (AvgIpc) is 3.60. The van der Waals surface area contributed by atoms with Gasteiger partial charge in [-0.1, -0.05) is 96.1 Å². The van der Waals surface area contributed by atoms with E-state index in [2.05, 4.69) is 20.4 Å². The second-order valence-electron chi connectivity index (χ2n) is 10.6. The fraction of sp³-hybridized carbons (Fsp3) is 0.143. The topological polar surface area (TPSA) is 116 Å². The largest absolute Gasteiger partial charge is 0.493 e. The number of ether oxygens (including phenoxy) is 2. The highest BCUT2D eigenvalue weighted by atomic mass is 16.5. The zero-order valence-electron chi connectivity index (χ0n) is 24.2. The number of aryl methyl sites for hydroxylation is 2. The molecule has 0 aliphatic carbocycles. The molecule has 6 aromatic rings. The lowest BCUT2D eigenvalue weighted by Crippen LogP contribution is -2.20. The van der Waals surface area contributed by atoms with Crippen molar-refractivity contribution in [1.82, 2.24) is 20.4 Å². The zero-order chi connectivity index (χ0) is 29.9. The van der Waals surface area contributed by atoms with Crippen molar-refractivity contribution in [3.63, 3.8) is 0 Å². The van der Waals surface area contributed by atoms with Gasteiger partial charge in [0.15, 0.2) is 11.5 Å². The van der Waals surface area contributed by atoms with E-state index in [4.69, 9.17) is 9.47 Å². The SMILES string of the molecule is COc1cc(C(c2c(-c3ccc(C)cc3)[nH][nH]c2=O)c2c(-c3ccc(C)cc3)[nH][nH]c2=O)ccc1OCc1ccccc1. The summed E-state index contributed by atoms with van der Waals surface area (Å²) in [4.78, 5) is 27.2. The van der Waals surface area contributed by atoms with Crippen molar-refractivity contribution < 1.29 is 9.47 Å². The van der Waals surface area contributed by atoms with Crippen LogP contribution in [0.5, 0.6) is 11.5 Å². The molecule has 216 valence electrons. The lowest BCUT2D eigenvalue weighted by atomic mass is 9.83. The molecule has 0 aliphatic heterocycles. The van der Waals surface area contributed by atoms with Crippen LogP contribution in [0.3, 0.4) is 0 Å². The standard InChI is InChI=1S/C35H32N4O4/c1-21-9-13-24(14-10-21)32-30(34(40)38-36-32)29(31-33(37-39-35(31)41)25-15-11-22(2)12-16-25)26-17-18-27(28(19-26)42-3)43-20-23-7-5-4-6-8-23/h4-19,29H,20H2,1-3H3,(H2,36,38,40)(H2,37,39,41). The molecule has 0 aliphatic rings. The summed E-state index contributed by atoms with van der Waals surface area (Å²) < 4.78 is 11.9. The second-order valence-corrected chi connectivity index (χ2v) is 10.6. The number of H-pyrrole nitrogens is 4. The quantitative estimate of drug-likeness (QED) is 0.160. The van der Waals surface area contributed by atoms with Gasteiger partial charge in [-0.05, 0) is 48.2 Å². The molecule has 0 saturated carbocycles. The Morgan fingerprint density at radius 1 is 0.628 bits per heavy atom. The van der Waals surface area contributed by atoms with Crippen molar-refractivity contribution in [1.29, 1.82) is 0 Å². The molecule has 8 heteroatoms. The predicted molar refractivity (Wildman–Crippen MR) is 168 cm³/mol. The molecule has 0 bridgehead atoms. The molecule has 2 aromatic heterocycles. The number of hydrogen-bond acceptors (Lipinski definition) is 4. The monoisotopic (exact) mass is 572 g/mol. The van der Waals surface area contributed by atoms with Crippen LogP contribution >= 0.6 is 0 Å². The Bertz CT molecular complexity index is 1870. The van der Waals surface area contributed by atoms with Crippen molar-refractivity contribution in [2.75, 3.05) is 7.11 Å². The van der Waals surface area contributed by atoms with Crippen LogP contribution in [0, 0.1) is 13.8 Å². The number of aromatic nitrogens is 4. The van der Waals surface area contributed by atoms with Gasteiger partial charge in [-0.15, -0.1) is 0 Å². The predicted octanol–water partition coefficient (Wildman–Crippen LogP) is 6.44. The maximum atomic E-state index is 13.6. The Kier molecular flexibility index (Phi) is 7.57. The number of aromatic amines is 4. The van der Waals surface area contributed by atoms with E-state index < -0.39 is 5.92 Å². The lowest BCUT2D eigenvalue weighted by molar-refractivity contribution is 0.284. The summed E-state index contributed by atoms with van der Waals surface area (Å²) in [6, 6.07) is 31.2. The molecule has 8 nitrogen and oxygen atoms in total. The maximum Gasteiger partial charge on any atom is 0.268 e. The summed E-state index contributed by atoms with van der Waals surface area (Å²) in [6.07, 6.45) is 0. The molecule has 43 heavy (non-hydrogen) atoms. The van der Waals surface area contributed by atoms with Crippen molar-refractivity contribution >= 4 is 0 Å². The van der Waals surface area contributed by atoms with E-state index >= 15 is 0 Å². The van der Waals surface area contributed by atoms with E-state index in [1.807, 2.05) is 111 Å². The van der Waals surface area contributed by atoms with Crippen molar-refractivity contribution in [3.05, 3.63) is 151 Å². The van der Waals surface area contributed by atoms with Crippen molar-refractivity contribution in [2.24, 2.45) is 0 Å². The summed E-state index contributed by atoms with van der Waals surface area (Å²) in [5, 5.41) is 11.7. The summed E-state index contributed by atoms with van der Waals surface area (Å²) in [7, 11) is 1.57. The van der Waals surface area contributed by atoms with Gasteiger partial charge in [0.25, 0.3) is 11.1 Å². The number of hydrogen-bond donors (Lipinski definition) is 4. The van der Waals surface area contributed by atoms with E-state index in [9.17, 15) is 9.59 Å². The number of methoxy groups -OCH3 is 1. The van der Waals surface area contributed by atoms with Crippen LogP contribution in [0.4, 0.5) is 0 Å². The van der Waals surface area contributed by atoms with Crippen molar-refractivity contribution in [3.8, 4) is 34.0 Å². The summed E-state index contributed by atoms with van der Waals surface area (Å²) in [5.74, 6) is 0.290. The molecule has 0 amide bonds. The van der Waals surface area contributed by atoms with Crippen LogP contribution in [-0.4, -0.2) is 27.5 Å². The number of nitrogens with one attached hydrogen (secondary N) is 4. The van der Waals surface area contributed by atoms with Gasteiger partial charge in [0.1, 0.15) is 6.61 Å². The number of rotatable bonds is 9. The number of benzene rings is 4. The molecule has 0 atom stereocenters. The highest BCUT2D eigenvalue weighted by Crippen LogP contribution is 2.40. The van der Waals surface area contributed by atoms with Gasteiger partial charge < -0.3 is 9.47 Å². The van der Waals surface area contributed by atoms with Gasteiger partial charge in [-0.2, -0.15) is 0 Å². The summed E-state index contributed by atoms with van der Waals surface area (Å²) >= 11 is 0. The van der Waals surface area contributed by atoms with Crippen LogP contribution in [0.15, 0.2) is 107 Å². The fourth-order valence-electron chi connectivity index (χ4n) is 5.38. The highest BCUT2D eigenvalue weighted by molar-refractivity contribution is 5.71. The Morgan fingerprint density at radius 3 is 1.67 bits per heavy atom. The molecule has 4 aromatic carbocycles.